The molecule has 7 nitrogen and oxygen atoms in total. The van der Waals surface area contributed by atoms with Crippen molar-refractivity contribution >= 4 is 29.3 Å². The van der Waals surface area contributed by atoms with Crippen molar-refractivity contribution in [1.82, 2.24) is 9.97 Å². The second-order valence-electron chi connectivity index (χ2n) is 5.47. The van der Waals surface area contributed by atoms with Gasteiger partial charge in [-0.15, -0.1) is 0 Å². The lowest BCUT2D eigenvalue weighted by Gasteiger charge is -2.24. The molecular weight excluding hydrogens is 354 g/mol. The van der Waals surface area contributed by atoms with Gasteiger partial charge in [0.25, 0.3) is 5.56 Å². The van der Waals surface area contributed by atoms with Crippen LogP contribution in [0.2, 0.25) is 0 Å². The van der Waals surface area contributed by atoms with Crippen LogP contribution < -0.4 is 10.5 Å². The van der Waals surface area contributed by atoms with E-state index in [1.165, 1.54) is 13.2 Å². The number of thioether (sulfide) groups is 1. The van der Waals surface area contributed by atoms with Crippen LogP contribution in [0.1, 0.15) is 19.5 Å². The molecule has 0 spiro atoms. The maximum absolute atomic E-state index is 12.8. The monoisotopic (exact) mass is 375 g/mol. The highest BCUT2D eigenvalue weighted by atomic mass is 32.2. The zero-order valence-electron chi connectivity index (χ0n) is 14.9. The average molecular weight is 375 g/mol. The maximum Gasteiger partial charge on any atom is 0.311 e. The van der Waals surface area contributed by atoms with Crippen molar-refractivity contribution in [2.24, 2.45) is 0 Å². The summed E-state index contributed by atoms with van der Waals surface area (Å²) in [7, 11) is 1.27. The number of ether oxygens (including phenoxy) is 1. The number of benzene rings is 1. The van der Waals surface area contributed by atoms with E-state index >= 15 is 0 Å². The minimum atomic E-state index is -0.482. The number of carbonyl (C=O) groups excluding carboxylic acids is 2. The van der Waals surface area contributed by atoms with Gasteiger partial charge in [0.15, 0.2) is 5.16 Å². The Balaban J connectivity index is 2.15. The van der Waals surface area contributed by atoms with Gasteiger partial charge < -0.3 is 14.6 Å². The summed E-state index contributed by atoms with van der Waals surface area (Å²) in [6.45, 7) is 4.19. The highest BCUT2D eigenvalue weighted by molar-refractivity contribution is 8.00. The molecule has 2 aromatic rings. The molecule has 8 heteroatoms. The van der Waals surface area contributed by atoms with Crippen LogP contribution in [0.25, 0.3) is 0 Å². The summed E-state index contributed by atoms with van der Waals surface area (Å²) in [5.74, 6) is -0.575. The highest BCUT2D eigenvalue weighted by Crippen LogP contribution is 2.23. The first-order valence-electron chi connectivity index (χ1n) is 8.14. The van der Waals surface area contributed by atoms with Crippen molar-refractivity contribution in [3.05, 3.63) is 52.4 Å². The van der Waals surface area contributed by atoms with E-state index in [1.54, 1.807) is 11.8 Å². The van der Waals surface area contributed by atoms with Crippen molar-refractivity contribution in [2.75, 3.05) is 18.6 Å². The van der Waals surface area contributed by atoms with Crippen LogP contribution in [0.3, 0.4) is 0 Å². The molecular formula is C18H21N3O4S. The quantitative estimate of drug-likeness (QED) is 0.452. The molecule has 1 N–H and O–H groups in total. The molecule has 2 rings (SSSR count). The van der Waals surface area contributed by atoms with Gasteiger partial charge in [-0.2, -0.15) is 0 Å². The van der Waals surface area contributed by atoms with E-state index in [1.807, 2.05) is 37.3 Å². The Bertz CT molecular complexity index is 823. The van der Waals surface area contributed by atoms with Gasteiger partial charge in [-0.3, -0.25) is 14.4 Å². The Hall–Kier alpha value is -2.61. The minimum absolute atomic E-state index is 0.0929. The van der Waals surface area contributed by atoms with E-state index < -0.39 is 11.2 Å². The number of anilines is 1. The van der Waals surface area contributed by atoms with E-state index in [-0.39, 0.29) is 17.9 Å². The molecule has 138 valence electrons. The predicted molar refractivity (Wildman–Crippen MR) is 100 cm³/mol. The van der Waals surface area contributed by atoms with Gasteiger partial charge in [0, 0.05) is 18.3 Å². The number of amides is 1. The lowest BCUT2D eigenvalue weighted by molar-refractivity contribution is -0.139. The largest absolute Gasteiger partial charge is 0.469 e. The SMILES string of the molecule is CCN(C(=O)[C@H](C)Sc1nc(CC(=O)OC)cc(=O)[nH]1)c1ccccc1. The van der Waals surface area contributed by atoms with Crippen molar-refractivity contribution in [3.8, 4) is 0 Å². The van der Waals surface area contributed by atoms with Gasteiger partial charge in [-0.05, 0) is 26.0 Å². The van der Waals surface area contributed by atoms with E-state index in [0.29, 0.717) is 17.4 Å². The lowest BCUT2D eigenvalue weighted by Crippen LogP contribution is -2.36. The van der Waals surface area contributed by atoms with Crippen LogP contribution in [-0.4, -0.2) is 40.7 Å². The molecule has 0 bridgehead atoms. The fourth-order valence-electron chi connectivity index (χ4n) is 2.36. The van der Waals surface area contributed by atoms with Crippen LogP contribution in [-0.2, 0) is 20.7 Å². The van der Waals surface area contributed by atoms with Crippen LogP contribution in [0.15, 0.2) is 46.3 Å². The Kier molecular flexibility index (Phi) is 6.97. The Labute approximate surface area is 155 Å². The summed E-state index contributed by atoms with van der Waals surface area (Å²) in [6.07, 6.45) is -0.0958. The number of para-hydroxylation sites is 1. The number of esters is 1. The normalized spacial score (nSPS) is 11.7. The molecule has 0 saturated heterocycles. The standard InChI is InChI=1S/C18H21N3O4S/c1-4-21(14-8-6-5-7-9-14)17(24)12(2)26-18-19-13(10-15(22)20-18)11-16(23)25-3/h5-10,12H,4,11H2,1-3H3,(H,19,20,22)/t12-/m0/s1. The van der Waals surface area contributed by atoms with Gasteiger partial charge in [0.1, 0.15) is 0 Å². The fraction of sp³-hybridized carbons (Fsp3) is 0.333. The third-order valence-corrected chi connectivity index (χ3v) is 4.58. The van der Waals surface area contributed by atoms with Crippen molar-refractivity contribution in [2.45, 2.75) is 30.7 Å². The van der Waals surface area contributed by atoms with Crippen LogP contribution in [0.4, 0.5) is 5.69 Å². The Morgan fingerprint density at radius 1 is 1.31 bits per heavy atom. The van der Waals surface area contributed by atoms with E-state index in [4.69, 9.17) is 0 Å². The van der Waals surface area contributed by atoms with E-state index in [0.717, 1.165) is 17.4 Å². The Morgan fingerprint density at radius 2 is 2.00 bits per heavy atom. The molecule has 0 radical (unpaired) electrons. The maximum atomic E-state index is 12.8. The molecule has 1 atom stereocenters. The third-order valence-electron chi connectivity index (χ3n) is 3.61. The summed E-state index contributed by atoms with van der Waals surface area (Å²) in [6, 6.07) is 10.6. The van der Waals surface area contributed by atoms with Crippen LogP contribution in [0.5, 0.6) is 0 Å². The summed E-state index contributed by atoms with van der Waals surface area (Å²) in [5.41, 5.74) is 0.739. The predicted octanol–water partition coefficient (Wildman–Crippen LogP) is 2.02. The van der Waals surface area contributed by atoms with Crippen LogP contribution in [0, 0.1) is 0 Å². The van der Waals surface area contributed by atoms with E-state index in [2.05, 4.69) is 14.7 Å². The molecule has 0 aliphatic carbocycles. The number of nitrogens with zero attached hydrogens (tertiary/aromatic N) is 2. The molecule has 0 aliphatic rings. The molecule has 1 amide bonds. The molecule has 0 aliphatic heterocycles. The van der Waals surface area contributed by atoms with Gasteiger partial charge in [0.2, 0.25) is 5.91 Å². The number of nitrogens with one attached hydrogen (secondary N) is 1. The summed E-state index contributed by atoms with van der Waals surface area (Å²) in [5, 5.41) is -0.173. The summed E-state index contributed by atoms with van der Waals surface area (Å²) >= 11 is 1.14. The molecule has 0 saturated carbocycles. The smallest absolute Gasteiger partial charge is 0.311 e. The highest BCUT2D eigenvalue weighted by Gasteiger charge is 2.22. The number of hydrogen-bond acceptors (Lipinski definition) is 6. The molecule has 26 heavy (non-hydrogen) atoms. The van der Waals surface area contributed by atoms with Gasteiger partial charge in [-0.1, -0.05) is 30.0 Å². The number of rotatable bonds is 7. The number of aromatic nitrogens is 2. The van der Waals surface area contributed by atoms with Gasteiger partial charge in [0.05, 0.1) is 24.5 Å². The number of carbonyl (C=O) groups is 2. The average Bonchev–Trinajstić information content (AvgIpc) is 2.62. The summed E-state index contributed by atoms with van der Waals surface area (Å²) < 4.78 is 4.59. The fourth-order valence-corrected chi connectivity index (χ4v) is 3.25. The molecule has 1 aromatic carbocycles. The zero-order valence-corrected chi connectivity index (χ0v) is 15.7. The second-order valence-corrected chi connectivity index (χ2v) is 6.80. The minimum Gasteiger partial charge on any atom is -0.469 e. The van der Waals surface area contributed by atoms with Crippen molar-refractivity contribution in [1.29, 1.82) is 0 Å². The first-order valence-corrected chi connectivity index (χ1v) is 9.02. The Morgan fingerprint density at radius 3 is 2.62 bits per heavy atom. The number of hydrogen-bond donors (Lipinski definition) is 1. The number of aromatic amines is 1. The first-order chi connectivity index (χ1) is 12.4. The second kappa shape index (κ2) is 9.19. The molecule has 0 unspecified atom stereocenters. The molecule has 1 heterocycles. The topological polar surface area (TPSA) is 92.4 Å². The molecule has 1 aromatic heterocycles. The number of methoxy groups -OCH3 is 1. The van der Waals surface area contributed by atoms with Gasteiger partial charge >= 0.3 is 5.97 Å². The zero-order chi connectivity index (χ0) is 19.1. The first kappa shape index (κ1) is 19.7. The van der Waals surface area contributed by atoms with Crippen molar-refractivity contribution < 1.29 is 14.3 Å². The van der Waals surface area contributed by atoms with Crippen LogP contribution >= 0.6 is 11.8 Å². The summed E-state index contributed by atoms with van der Waals surface area (Å²) in [4.78, 5) is 44.5. The third kappa shape index (κ3) is 5.19. The lowest BCUT2D eigenvalue weighted by atomic mass is 10.2. The molecule has 0 fully saturated rings. The van der Waals surface area contributed by atoms with E-state index in [9.17, 15) is 14.4 Å². The number of H-pyrrole nitrogens is 1. The van der Waals surface area contributed by atoms with Crippen molar-refractivity contribution in [3.63, 3.8) is 0 Å². The van der Waals surface area contributed by atoms with Gasteiger partial charge in [-0.25, -0.2) is 4.98 Å².